The minimum atomic E-state index is -1.37. The zero-order valence-electron chi connectivity index (χ0n) is 7.36. The van der Waals surface area contributed by atoms with Crippen LogP contribution in [0.1, 0.15) is 24.8 Å². The second-order valence-corrected chi connectivity index (χ2v) is 3.63. The molecule has 76 valence electrons. The third-order valence-electron chi connectivity index (χ3n) is 2.68. The molecule has 0 unspecified atom stereocenters. The first-order valence-corrected chi connectivity index (χ1v) is 4.40. The molecule has 0 atom stereocenters. The van der Waals surface area contributed by atoms with Crippen molar-refractivity contribution in [3.05, 3.63) is 35.1 Å². The van der Waals surface area contributed by atoms with E-state index in [0.29, 0.717) is 18.9 Å². The van der Waals surface area contributed by atoms with Crippen molar-refractivity contribution in [1.82, 2.24) is 0 Å². The summed E-state index contributed by atoms with van der Waals surface area (Å²) in [6.07, 6.45) is 1.45. The largest absolute Gasteiger partial charge is 0.385 e. The van der Waals surface area contributed by atoms with Crippen LogP contribution in [-0.2, 0) is 5.60 Å². The van der Waals surface area contributed by atoms with Gasteiger partial charge in [-0.2, -0.15) is 0 Å². The van der Waals surface area contributed by atoms with E-state index in [2.05, 4.69) is 0 Å². The van der Waals surface area contributed by atoms with Crippen LogP contribution >= 0.6 is 0 Å². The molecule has 2 rings (SSSR count). The zero-order valence-corrected chi connectivity index (χ0v) is 7.36. The van der Waals surface area contributed by atoms with Crippen LogP contribution in [0.25, 0.3) is 0 Å². The summed E-state index contributed by atoms with van der Waals surface area (Å²) in [6.45, 7) is 0. The Hall–Kier alpha value is -1.03. The standard InChI is InChI=1S/C10H9F3O/c11-6-4-7(9(13)8(12)5-6)10(14)2-1-3-10/h4-5,14H,1-3H2. The second kappa shape index (κ2) is 2.98. The van der Waals surface area contributed by atoms with Crippen LogP contribution in [-0.4, -0.2) is 5.11 Å². The molecule has 1 aromatic rings. The quantitative estimate of drug-likeness (QED) is 0.693. The first kappa shape index (κ1) is 9.52. The normalized spacial score (nSPS) is 19.1. The first-order chi connectivity index (χ1) is 6.53. The van der Waals surface area contributed by atoms with Gasteiger partial charge in [-0.15, -0.1) is 0 Å². The van der Waals surface area contributed by atoms with Crippen molar-refractivity contribution in [1.29, 1.82) is 0 Å². The predicted octanol–water partition coefficient (Wildman–Crippen LogP) is 2.48. The summed E-state index contributed by atoms with van der Waals surface area (Å²) < 4.78 is 38.8. The molecule has 0 spiro atoms. The number of benzene rings is 1. The Labute approximate surface area is 79.2 Å². The monoisotopic (exact) mass is 202 g/mol. The summed E-state index contributed by atoms with van der Waals surface area (Å²) in [7, 11) is 0. The SMILES string of the molecule is OC1(c2cc(F)cc(F)c2F)CCC1. The molecule has 1 N–H and O–H groups in total. The van der Waals surface area contributed by atoms with Crippen LogP contribution in [0.3, 0.4) is 0 Å². The van der Waals surface area contributed by atoms with E-state index in [0.717, 1.165) is 12.5 Å². The summed E-state index contributed by atoms with van der Waals surface area (Å²) in [4.78, 5) is 0. The van der Waals surface area contributed by atoms with Crippen molar-refractivity contribution in [2.24, 2.45) is 0 Å². The molecule has 0 saturated heterocycles. The molecule has 1 fully saturated rings. The van der Waals surface area contributed by atoms with E-state index in [1.807, 2.05) is 0 Å². The van der Waals surface area contributed by atoms with Gasteiger partial charge in [-0.25, -0.2) is 13.2 Å². The predicted molar refractivity (Wildman–Crippen MR) is 44.1 cm³/mol. The fourth-order valence-corrected chi connectivity index (χ4v) is 1.68. The molecule has 14 heavy (non-hydrogen) atoms. The van der Waals surface area contributed by atoms with Crippen LogP contribution < -0.4 is 0 Å². The lowest BCUT2D eigenvalue weighted by atomic mass is 9.75. The molecule has 0 aromatic heterocycles. The van der Waals surface area contributed by atoms with Gasteiger partial charge in [0.1, 0.15) is 5.82 Å². The molecule has 1 aliphatic carbocycles. The number of hydrogen-bond acceptors (Lipinski definition) is 1. The smallest absolute Gasteiger partial charge is 0.165 e. The van der Waals surface area contributed by atoms with Crippen molar-refractivity contribution < 1.29 is 18.3 Å². The molecular weight excluding hydrogens is 193 g/mol. The number of halogens is 3. The third kappa shape index (κ3) is 1.30. The summed E-state index contributed by atoms with van der Waals surface area (Å²) in [6, 6.07) is 1.33. The van der Waals surface area contributed by atoms with E-state index in [9.17, 15) is 18.3 Å². The van der Waals surface area contributed by atoms with Gasteiger partial charge in [-0.05, 0) is 25.3 Å². The van der Waals surface area contributed by atoms with E-state index in [4.69, 9.17) is 0 Å². The minimum absolute atomic E-state index is 0.263. The fourth-order valence-electron chi connectivity index (χ4n) is 1.68. The van der Waals surface area contributed by atoms with Gasteiger partial charge >= 0.3 is 0 Å². The van der Waals surface area contributed by atoms with E-state index in [-0.39, 0.29) is 5.56 Å². The highest BCUT2D eigenvalue weighted by atomic mass is 19.2. The summed E-state index contributed by atoms with van der Waals surface area (Å²) in [5, 5.41) is 9.74. The third-order valence-corrected chi connectivity index (χ3v) is 2.68. The molecule has 0 aliphatic heterocycles. The van der Waals surface area contributed by atoms with Gasteiger partial charge in [0.15, 0.2) is 11.6 Å². The Morgan fingerprint density at radius 3 is 2.29 bits per heavy atom. The van der Waals surface area contributed by atoms with Gasteiger partial charge < -0.3 is 5.11 Å². The number of rotatable bonds is 1. The number of hydrogen-bond donors (Lipinski definition) is 1. The molecule has 0 amide bonds. The lowest BCUT2D eigenvalue weighted by molar-refractivity contribution is -0.0423. The van der Waals surface area contributed by atoms with Crippen LogP contribution in [0.5, 0.6) is 0 Å². The second-order valence-electron chi connectivity index (χ2n) is 3.63. The first-order valence-electron chi connectivity index (χ1n) is 4.40. The van der Waals surface area contributed by atoms with E-state index < -0.39 is 23.1 Å². The summed E-state index contributed by atoms with van der Waals surface area (Å²) >= 11 is 0. The average Bonchev–Trinajstić information content (AvgIpc) is 2.07. The highest BCUT2D eigenvalue weighted by Crippen LogP contribution is 2.42. The number of aliphatic hydroxyl groups is 1. The van der Waals surface area contributed by atoms with Crippen LogP contribution in [0.4, 0.5) is 13.2 Å². The van der Waals surface area contributed by atoms with Gasteiger partial charge in [0.2, 0.25) is 0 Å². The van der Waals surface area contributed by atoms with Gasteiger partial charge in [0.05, 0.1) is 5.60 Å². The van der Waals surface area contributed by atoms with E-state index >= 15 is 0 Å². The van der Waals surface area contributed by atoms with E-state index in [1.165, 1.54) is 0 Å². The van der Waals surface area contributed by atoms with Gasteiger partial charge in [-0.1, -0.05) is 0 Å². The molecule has 1 aliphatic rings. The maximum Gasteiger partial charge on any atom is 0.165 e. The molecule has 1 saturated carbocycles. The Balaban J connectivity index is 2.51. The van der Waals surface area contributed by atoms with E-state index in [1.54, 1.807) is 0 Å². The minimum Gasteiger partial charge on any atom is -0.385 e. The van der Waals surface area contributed by atoms with Gasteiger partial charge in [-0.3, -0.25) is 0 Å². The molecule has 1 nitrogen and oxygen atoms in total. The molecule has 0 heterocycles. The lowest BCUT2D eigenvalue weighted by Gasteiger charge is -2.37. The Bertz CT molecular complexity index is 372. The highest BCUT2D eigenvalue weighted by Gasteiger charge is 2.39. The van der Waals surface area contributed by atoms with Crippen molar-refractivity contribution in [2.75, 3.05) is 0 Å². The Kier molecular flexibility index (Phi) is 2.03. The van der Waals surface area contributed by atoms with Crippen molar-refractivity contribution in [2.45, 2.75) is 24.9 Å². The van der Waals surface area contributed by atoms with Crippen LogP contribution in [0, 0.1) is 17.5 Å². The molecule has 0 radical (unpaired) electrons. The fraction of sp³-hybridized carbons (Fsp3) is 0.400. The topological polar surface area (TPSA) is 20.2 Å². The zero-order chi connectivity index (χ0) is 10.3. The summed E-state index contributed by atoms with van der Waals surface area (Å²) in [5.41, 5.74) is -1.63. The van der Waals surface area contributed by atoms with Gasteiger partial charge in [0, 0.05) is 11.6 Å². The molecule has 4 heteroatoms. The summed E-state index contributed by atoms with van der Waals surface area (Å²) in [5.74, 6) is -3.26. The van der Waals surface area contributed by atoms with Gasteiger partial charge in [0.25, 0.3) is 0 Å². The van der Waals surface area contributed by atoms with Crippen LogP contribution in [0.15, 0.2) is 12.1 Å². The van der Waals surface area contributed by atoms with Crippen molar-refractivity contribution in [3.63, 3.8) is 0 Å². The van der Waals surface area contributed by atoms with Crippen molar-refractivity contribution in [3.8, 4) is 0 Å². The molecule has 1 aromatic carbocycles. The molecule has 0 bridgehead atoms. The maximum absolute atomic E-state index is 13.2. The highest BCUT2D eigenvalue weighted by molar-refractivity contribution is 5.28. The maximum atomic E-state index is 13.2. The van der Waals surface area contributed by atoms with Crippen LogP contribution in [0.2, 0.25) is 0 Å². The Morgan fingerprint density at radius 2 is 1.79 bits per heavy atom. The molecular formula is C10H9F3O. The Morgan fingerprint density at radius 1 is 1.14 bits per heavy atom. The average molecular weight is 202 g/mol. The lowest BCUT2D eigenvalue weighted by Crippen LogP contribution is -2.35. The van der Waals surface area contributed by atoms with Crippen molar-refractivity contribution >= 4 is 0 Å².